The normalized spacial score (nSPS) is 23.2. The van der Waals surface area contributed by atoms with E-state index in [1.807, 2.05) is 4.90 Å². The summed E-state index contributed by atoms with van der Waals surface area (Å²) >= 11 is 1.21. The lowest BCUT2D eigenvalue weighted by Crippen LogP contribution is -2.45. The maximum atomic E-state index is 12.9. The fraction of sp³-hybridized carbons (Fsp3) is 0.812. The number of aryl methyl sites for hydroxylation is 1. The van der Waals surface area contributed by atoms with Crippen molar-refractivity contribution in [3.8, 4) is 0 Å². The molecule has 134 valence electrons. The molecule has 1 atom stereocenters. The van der Waals surface area contributed by atoms with Crippen molar-refractivity contribution in [1.82, 2.24) is 19.4 Å². The lowest BCUT2D eigenvalue weighted by atomic mass is 10.2. The summed E-state index contributed by atoms with van der Waals surface area (Å²) in [6.45, 7) is 8.47. The summed E-state index contributed by atoms with van der Waals surface area (Å²) in [6.07, 6.45) is 2.71. The molecule has 8 heteroatoms. The number of hydrogen-bond donors (Lipinski definition) is 0. The smallest absolute Gasteiger partial charge is 0.267 e. The van der Waals surface area contributed by atoms with Gasteiger partial charge >= 0.3 is 0 Å². The molecule has 2 aliphatic heterocycles. The van der Waals surface area contributed by atoms with Crippen LogP contribution in [0, 0.1) is 0 Å². The van der Waals surface area contributed by atoms with Crippen LogP contribution in [0.5, 0.6) is 0 Å². The molecular weight excluding hydrogens is 328 g/mol. The molecule has 1 amide bonds. The van der Waals surface area contributed by atoms with Crippen molar-refractivity contribution in [2.24, 2.45) is 0 Å². The zero-order valence-electron chi connectivity index (χ0n) is 14.3. The van der Waals surface area contributed by atoms with Crippen molar-refractivity contribution in [1.29, 1.82) is 0 Å². The lowest BCUT2D eigenvalue weighted by Gasteiger charge is -2.31. The van der Waals surface area contributed by atoms with Gasteiger partial charge in [0.05, 0.1) is 25.0 Å². The standard InChI is InChI=1S/C16H26N4O3S/c1-2-4-14-15(24-18-17-14)16(21)20-5-3-8-23-13(12-20)11-19-6-9-22-10-7-19/h13H,2-12H2,1H3/t13-/m0/s1. The Kier molecular flexibility index (Phi) is 6.53. The van der Waals surface area contributed by atoms with Gasteiger partial charge in [-0.1, -0.05) is 17.8 Å². The Morgan fingerprint density at radius 2 is 2.12 bits per heavy atom. The van der Waals surface area contributed by atoms with Crippen molar-refractivity contribution in [3.63, 3.8) is 0 Å². The van der Waals surface area contributed by atoms with Crippen LogP contribution in [0.4, 0.5) is 0 Å². The fourth-order valence-corrected chi connectivity index (χ4v) is 3.85. The van der Waals surface area contributed by atoms with Gasteiger partial charge in [-0.25, -0.2) is 0 Å². The van der Waals surface area contributed by atoms with Crippen molar-refractivity contribution in [2.45, 2.75) is 32.3 Å². The first-order valence-electron chi connectivity index (χ1n) is 8.80. The first kappa shape index (κ1) is 17.7. The Labute approximate surface area is 147 Å². The number of hydrogen-bond acceptors (Lipinski definition) is 7. The Hall–Kier alpha value is -1.09. The van der Waals surface area contributed by atoms with Gasteiger partial charge in [-0.3, -0.25) is 9.69 Å². The van der Waals surface area contributed by atoms with Crippen molar-refractivity contribution in [2.75, 3.05) is 52.5 Å². The van der Waals surface area contributed by atoms with Crippen LogP contribution in [-0.4, -0.2) is 83.9 Å². The number of morpholine rings is 1. The van der Waals surface area contributed by atoms with Crippen LogP contribution >= 0.6 is 11.5 Å². The van der Waals surface area contributed by atoms with E-state index in [4.69, 9.17) is 9.47 Å². The third kappa shape index (κ3) is 4.50. The van der Waals surface area contributed by atoms with E-state index in [1.165, 1.54) is 11.5 Å². The van der Waals surface area contributed by atoms with Crippen molar-refractivity contribution >= 4 is 17.4 Å². The summed E-state index contributed by atoms with van der Waals surface area (Å²) in [4.78, 5) is 17.9. The van der Waals surface area contributed by atoms with E-state index in [2.05, 4.69) is 21.4 Å². The summed E-state index contributed by atoms with van der Waals surface area (Å²) in [5.41, 5.74) is 0.836. The highest BCUT2D eigenvalue weighted by Crippen LogP contribution is 2.18. The predicted molar refractivity (Wildman–Crippen MR) is 91.4 cm³/mol. The average Bonchev–Trinajstić information content (AvgIpc) is 2.93. The Balaban J connectivity index is 1.63. The highest BCUT2D eigenvalue weighted by atomic mass is 32.1. The van der Waals surface area contributed by atoms with Crippen molar-refractivity contribution in [3.05, 3.63) is 10.6 Å². The molecule has 0 unspecified atom stereocenters. The third-order valence-corrected chi connectivity index (χ3v) is 5.20. The average molecular weight is 354 g/mol. The number of ether oxygens (including phenoxy) is 2. The minimum atomic E-state index is 0.0602. The number of amides is 1. The van der Waals surface area contributed by atoms with Gasteiger partial charge < -0.3 is 14.4 Å². The molecule has 1 aromatic rings. The monoisotopic (exact) mass is 354 g/mol. The van der Waals surface area contributed by atoms with E-state index in [0.717, 1.165) is 64.3 Å². The van der Waals surface area contributed by atoms with Gasteiger partial charge in [0.25, 0.3) is 5.91 Å². The summed E-state index contributed by atoms with van der Waals surface area (Å²) in [6, 6.07) is 0. The Bertz CT molecular complexity index is 533. The molecule has 24 heavy (non-hydrogen) atoms. The lowest BCUT2D eigenvalue weighted by molar-refractivity contribution is -0.0112. The van der Waals surface area contributed by atoms with E-state index in [9.17, 15) is 4.79 Å². The number of carbonyl (C=O) groups is 1. The number of aromatic nitrogens is 2. The van der Waals surface area contributed by atoms with Gasteiger partial charge in [-0.05, 0) is 24.4 Å². The molecule has 1 aromatic heterocycles. The molecule has 2 fully saturated rings. The van der Waals surface area contributed by atoms with Crippen LogP contribution in [-0.2, 0) is 15.9 Å². The van der Waals surface area contributed by atoms with Crippen LogP contribution in [0.1, 0.15) is 35.1 Å². The molecule has 3 rings (SSSR count). The van der Waals surface area contributed by atoms with E-state index in [0.29, 0.717) is 18.0 Å². The van der Waals surface area contributed by atoms with Gasteiger partial charge in [-0.15, -0.1) is 5.10 Å². The van der Waals surface area contributed by atoms with E-state index < -0.39 is 0 Å². The second-order valence-corrected chi connectivity index (χ2v) is 7.06. The molecule has 0 bridgehead atoms. The molecular formula is C16H26N4O3S. The fourth-order valence-electron chi connectivity index (χ4n) is 3.18. The molecule has 2 aliphatic rings. The van der Waals surface area contributed by atoms with Crippen LogP contribution < -0.4 is 0 Å². The Morgan fingerprint density at radius 1 is 1.29 bits per heavy atom. The summed E-state index contributed by atoms with van der Waals surface area (Å²) < 4.78 is 15.4. The maximum Gasteiger partial charge on any atom is 0.267 e. The second-order valence-electron chi connectivity index (χ2n) is 6.31. The van der Waals surface area contributed by atoms with E-state index in [1.54, 1.807) is 0 Å². The molecule has 2 saturated heterocycles. The van der Waals surface area contributed by atoms with Gasteiger partial charge in [0.15, 0.2) is 0 Å². The quantitative estimate of drug-likeness (QED) is 0.787. The minimum absolute atomic E-state index is 0.0602. The molecule has 0 N–H and O–H groups in total. The van der Waals surface area contributed by atoms with Gasteiger partial charge in [0, 0.05) is 39.3 Å². The largest absolute Gasteiger partial charge is 0.379 e. The Morgan fingerprint density at radius 3 is 2.92 bits per heavy atom. The highest BCUT2D eigenvalue weighted by Gasteiger charge is 2.28. The summed E-state index contributed by atoms with van der Waals surface area (Å²) in [5.74, 6) is 0.0610. The van der Waals surface area contributed by atoms with Crippen LogP contribution in [0.25, 0.3) is 0 Å². The van der Waals surface area contributed by atoms with E-state index >= 15 is 0 Å². The van der Waals surface area contributed by atoms with Gasteiger partial charge in [0.2, 0.25) is 0 Å². The maximum absolute atomic E-state index is 12.9. The molecule has 0 aliphatic carbocycles. The van der Waals surface area contributed by atoms with Crippen LogP contribution in [0.3, 0.4) is 0 Å². The number of carbonyl (C=O) groups excluding carboxylic acids is 1. The van der Waals surface area contributed by atoms with Gasteiger partial charge in [0.1, 0.15) is 4.88 Å². The predicted octanol–water partition coefficient (Wildman–Crippen LogP) is 1.05. The summed E-state index contributed by atoms with van der Waals surface area (Å²) in [7, 11) is 0. The minimum Gasteiger partial charge on any atom is -0.379 e. The SMILES string of the molecule is CCCc1nnsc1C(=O)N1CCCO[C@@H](CN2CCOCC2)C1. The first-order valence-corrected chi connectivity index (χ1v) is 9.57. The zero-order chi connectivity index (χ0) is 16.8. The first-order chi connectivity index (χ1) is 11.8. The highest BCUT2D eigenvalue weighted by molar-refractivity contribution is 7.08. The third-order valence-electron chi connectivity index (χ3n) is 4.44. The number of rotatable bonds is 5. The molecule has 0 aromatic carbocycles. The molecule has 0 spiro atoms. The van der Waals surface area contributed by atoms with Crippen molar-refractivity contribution < 1.29 is 14.3 Å². The molecule has 7 nitrogen and oxygen atoms in total. The van der Waals surface area contributed by atoms with E-state index in [-0.39, 0.29) is 12.0 Å². The summed E-state index contributed by atoms with van der Waals surface area (Å²) in [5, 5.41) is 4.13. The topological polar surface area (TPSA) is 67.8 Å². The second kappa shape index (κ2) is 8.84. The van der Waals surface area contributed by atoms with Crippen LogP contribution in [0.15, 0.2) is 0 Å². The number of nitrogens with zero attached hydrogens (tertiary/aromatic N) is 4. The van der Waals surface area contributed by atoms with Gasteiger partial charge in [-0.2, -0.15) is 0 Å². The molecule has 0 radical (unpaired) electrons. The molecule has 0 saturated carbocycles. The molecule has 3 heterocycles. The van der Waals surface area contributed by atoms with Crippen LogP contribution in [0.2, 0.25) is 0 Å². The zero-order valence-corrected chi connectivity index (χ0v) is 15.1.